The molecule has 172 valence electrons. The molecule has 2 radical (unpaired) electrons. The van der Waals surface area contributed by atoms with Crippen LogP contribution in [0.4, 0.5) is 0 Å². The predicted molar refractivity (Wildman–Crippen MR) is 124 cm³/mol. The summed E-state index contributed by atoms with van der Waals surface area (Å²) in [5.41, 5.74) is 2.76. The first kappa shape index (κ1) is 22.2. The van der Waals surface area contributed by atoms with Gasteiger partial charge in [0, 0.05) is 36.3 Å². The smallest absolute Gasteiger partial charge is 0.245 e. The number of ketones is 1. The maximum Gasteiger partial charge on any atom is 0.245 e. The zero-order valence-electron chi connectivity index (χ0n) is 19.5. The Labute approximate surface area is 197 Å². The first-order valence-electron chi connectivity index (χ1n) is 11.1. The monoisotopic (exact) mass is 457 g/mol. The second-order valence-electron chi connectivity index (χ2n) is 9.47. The highest BCUT2D eigenvalue weighted by Crippen LogP contribution is 2.59. The third-order valence-corrected chi connectivity index (χ3v) is 6.96. The van der Waals surface area contributed by atoms with Gasteiger partial charge in [0.05, 0.1) is 16.9 Å². The van der Waals surface area contributed by atoms with Gasteiger partial charge in [0.15, 0.2) is 5.78 Å². The van der Waals surface area contributed by atoms with Crippen LogP contribution in [-0.4, -0.2) is 67.3 Å². The van der Waals surface area contributed by atoms with Gasteiger partial charge < -0.3 is 10.1 Å². The van der Waals surface area contributed by atoms with Crippen LogP contribution in [0.25, 0.3) is 22.2 Å². The summed E-state index contributed by atoms with van der Waals surface area (Å²) in [5, 5.41) is 7.26. The molecule has 3 aromatic heterocycles. The summed E-state index contributed by atoms with van der Waals surface area (Å²) in [7, 11) is 5.36. The van der Waals surface area contributed by atoms with Crippen molar-refractivity contribution in [1.82, 2.24) is 34.9 Å². The van der Waals surface area contributed by atoms with Crippen molar-refractivity contribution in [3.63, 3.8) is 0 Å². The number of aryl methyl sites for hydroxylation is 2. The number of carbonyl (C=O) groups is 3. The summed E-state index contributed by atoms with van der Waals surface area (Å²) in [6, 6.07) is 1.17. The predicted octanol–water partition coefficient (Wildman–Crippen LogP) is 1.29. The molecule has 3 atom stereocenters. The number of nitrogens with zero attached hydrogens (tertiary/aromatic N) is 6. The number of likely N-dealkylation sites (tertiary alicyclic amines) is 1. The number of hydrogen-bond acceptors (Lipinski definition) is 7. The second-order valence-corrected chi connectivity index (χ2v) is 9.47. The van der Waals surface area contributed by atoms with E-state index in [-0.39, 0.29) is 41.3 Å². The van der Waals surface area contributed by atoms with E-state index in [1.54, 1.807) is 30.3 Å². The van der Waals surface area contributed by atoms with Gasteiger partial charge in [-0.25, -0.2) is 9.97 Å². The molecule has 1 aliphatic heterocycles. The lowest BCUT2D eigenvalue weighted by molar-refractivity contribution is -0.139. The molecule has 10 nitrogen and oxygen atoms in total. The highest BCUT2D eigenvalue weighted by Gasteiger charge is 2.64. The summed E-state index contributed by atoms with van der Waals surface area (Å²) in [4.78, 5) is 52.9. The van der Waals surface area contributed by atoms with Crippen LogP contribution in [0.2, 0.25) is 0 Å². The average molecular weight is 457 g/mol. The molecule has 2 aliphatic rings. The van der Waals surface area contributed by atoms with E-state index in [0.29, 0.717) is 34.5 Å². The third-order valence-electron chi connectivity index (χ3n) is 6.96. The van der Waals surface area contributed by atoms with E-state index in [9.17, 15) is 14.4 Å². The van der Waals surface area contributed by atoms with Crippen LogP contribution in [-0.2, 0) is 16.1 Å². The van der Waals surface area contributed by atoms with E-state index >= 15 is 0 Å². The number of nitrogens with one attached hydrogen (secondary N) is 1. The summed E-state index contributed by atoms with van der Waals surface area (Å²) >= 11 is 0. The summed E-state index contributed by atoms with van der Waals surface area (Å²) < 4.78 is 1.52. The summed E-state index contributed by atoms with van der Waals surface area (Å²) in [6.45, 7) is 7.01. The fraction of sp³-hybridized carbons (Fsp3) is 0.435. The highest BCUT2D eigenvalue weighted by molar-refractivity contribution is 6.15. The van der Waals surface area contributed by atoms with Gasteiger partial charge in [-0.2, -0.15) is 5.10 Å². The van der Waals surface area contributed by atoms with Gasteiger partial charge in [-0.15, -0.1) is 0 Å². The van der Waals surface area contributed by atoms with E-state index in [4.69, 9.17) is 7.98 Å². The number of amides is 2. The standard InChI is InChI=1S/C23H24BN7O3/c1-11-21-15(5-16(27-11)14-8-25-13(3)26-9-14)20(12(2)32)29-30(21)10-19(33)31-17(22(34)28-24)6-23(4)7-18(23)31/h5,8-9,17-18H,6-7,10H2,1-4H3,(H,28,34). The molecule has 1 saturated carbocycles. The van der Waals surface area contributed by atoms with Gasteiger partial charge in [0.1, 0.15) is 24.1 Å². The third kappa shape index (κ3) is 3.46. The zero-order chi connectivity index (χ0) is 24.4. The maximum atomic E-state index is 13.4. The quantitative estimate of drug-likeness (QED) is 0.452. The first-order chi connectivity index (χ1) is 16.1. The lowest BCUT2D eigenvalue weighted by atomic mass is 10.0. The largest absolute Gasteiger partial charge is 0.407 e. The maximum absolute atomic E-state index is 13.4. The van der Waals surface area contributed by atoms with Crippen molar-refractivity contribution >= 4 is 36.5 Å². The SMILES string of the molecule is [B]NC(=O)C1CC2(C)CC2N1C(=O)Cn1nc(C(C)=O)c2cc(-c3cnc(C)nc3)nc(C)c21. The number of Topliss-reactive ketones (excluding diaryl/α,β-unsaturated/α-hetero) is 1. The Balaban J connectivity index is 1.54. The Morgan fingerprint density at radius 1 is 1.21 bits per heavy atom. The lowest BCUT2D eigenvalue weighted by Gasteiger charge is -2.26. The number of fused-ring (bicyclic) bond motifs is 2. The molecule has 4 heterocycles. The number of piperidine rings is 1. The Hall–Kier alpha value is -3.63. The van der Waals surface area contributed by atoms with E-state index in [1.807, 2.05) is 6.92 Å². The van der Waals surface area contributed by atoms with Gasteiger partial charge in [0.2, 0.25) is 19.8 Å². The highest BCUT2D eigenvalue weighted by atomic mass is 16.2. The van der Waals surface area contributed by atoms with Crippen molar-refractivity contribution in [3.8, 4) is 11.3 Å². The number of carbonyl (C=O) groups excluding carboxylic acids is 3. The minimum atomic E-state index is -0.609. The van der Waals surface area contributed by atoms with Crippen molar-refractivity contribution in [2.45, 2.75) is 59.2 Å². The summed E-state index contributed by atoms with van der Waals surface area (Å²) in [6.07, 6.45) is 4.79. The fourth-order valence-corrected chi connectivity index (χ4v) is 5.11. The Kier molecular flexibility index (Phi) is 5.03. The molecule has 2 amide bonds. The van der Waals surface area contributed by atoms with Crippen molar-refractivity contribution in [3.05, 3.63) is 35.7 Å². The Morgan fingerprint density at radius 2 is 1.91 bits per heavy atom. The molecule has 0 bridgehead atoms. The van der Waals surface area contributed by atoms with E-state index in [2.05, 4.69) is 32.2 Å². The average Bonchev–Trinajstić information content (AvgIpc) is 3.15. The van der Waals surface area contributed by atoms with Gasteiger partial charge in [-0.1, -0.05) is 6.92 Å². The van der Waals surface area contributed by atoms with Crippen LogP contribution in [0.3, 0.4) is 0 Å². The lowest BCUT2D eigenvalue weighted by Crippen LogP contribution is -2.48. The first-order valence-corrected chi connectivity index (χ1v) is 11.1. The van der Waals surface area contributed by atoms with Crippen LogP contribution < -0.4 is 5.23 Å². The molecule has 5 rings (SSSR count). The fourth-order valence-electron chi connectivity index (χ4n) is 5.11. The minimum absolute atomic E-state index is 0.00349. The van der Waals surface area contributed by atoms with Crippen LogP contribution in [0, 0.1) is 19.3 Å². The Morgan fingerprint density at radius 3 is 2.56 bits per heavy atom. The zero-order valence-corrected chi connectivity index (χ0v) is 19.5. The molecule has 11 heteroatoms. The van der Waals surface area contributed by atoms with Crippen molar-refractivity contribution in [1.29, 1.82) is 0 Å². The van der Waals surface area contributed by atoms with E-state index < -0.39 is 6.04 Å². The number of aromatic nitrogens is 5. The minimum Gasteiger partial charge on any atom is -0.407 e. The van der Waals surface area contributed by atoms with Gasteiger partial charge in [-0.3, -0.25) is 24.0 Å². The van der Waals surface area contributed by atoms with Crippen LogP contribution >= 0.6 is 0 Å². The number of pyridine rings is 1. The number of hydrogen-bond donors (Lipinski definition) is 1. The van der Waals surface area contributed by atoms with Crippen molar-refractivity contribution in [2.24, 2.45) is 5.41 Å². The number of rotatable bonds is 5. The van der Waals surface area contributed by atoms with Gasteiger partial charge in [0.25, 0.3) is 0 Å². The molecule has 0 aromatic carbocycles. The van der Waals surface area contributed by atoms with Crippen LogP contribution in [0.1, 0.15) is 48.7 Å². The normalized spacial score (nSPS) is 23.1. The molecule has 3 aromatic rings. The topological polar surface area (TPSA) is 123 Å². The van der Waals surface area contributed by atoms with Crippen LogP contribution in [0.15, 0.2) is 18.5 Å². The van der Waals surface area contributed by atoms with Crippen LogP contribution in [0.5, 0.6) is 0 Å². The van der Waals surface area contributed by atoms with E-state index in [1.165, 1.54) is 11.6 Å². The van der Waals surface area contributed by atoms with Gasteiger partial charge in [-0.05, 0) is 38.2 Å². The molecular weight excluding hydrogens is 433 g/mol. The molecular formula is C23H24BN7O3. The Bertz CT molecular complexity index is 1350. The second kappa shape index (κ2) is 7.71. The summed E-state index contributed by atoms with van der Waals surface area (Å²) in [5.74, 6) is -0.189. The van der Waals surface area contributed by atoms with Gasteiger partial charge >= 0.3 is 0 Å². The molecule has 3 unspecified atom stereocenters. The molecule has 1 saturated heterocycles. The van der Waals surface area contributed by atoms with Crippen molar-refractivity contribution in [2.75, 3.05) is 0 Å². The molecule has 34 heavy (non-hydrogen) atoms. The van der Waals surface area contributed by atoms with E-state index in [0.717, 1.165) is 12.0 Å². The molecule has 2 fully saturated rings. The molecule has 1 aliphatic carbocycles. The molecule has 1 N–H and O–H groups in total. The van der Waals surface area contributed by atoms with Crippen molar-refractivity contribution < 1.29 is 14.4 Å². The molecule has 0 spiro atoms.